The molecular weight excluding hydrogens is 318 g/mol. The molecule has 0 aliphatic rings. The van der Waals surface area contributed by atoms with E-state index in [2.05, 4.69) is 20.7 Å². The Morgan fingerprint density at radius 3 is 2.63 bits per heavy atom. The van der Waals surface area contributed by atoms with Gasteiger partial charge in [0.15, 0.2) is 0 Å². The van der Waals surface area contributed by atoms with E-state index >= 15 is 0 Å². The number of nitro groups is 1. The lowest BCUT2D eigenvalue weighted by Gasteiger charge is -2.13. The molecule has 1 rings (SSSR count). The van der Waals surface area contributed by atoms with Crippen molar-refractivity contribution in [3.63, 3.8) is 0 Å². The molecule has 1 aromatic carbocycles. The molecule has 0 amide bonds. The number of methoxy groups -OCH3 is 2. The summed E-state index contributed by atoms with van der Waals surface area (Å²) in [5.74, 6) is -0.370. The van der Waals surface area contributed by atoms with Gasteiger partial charge in [-0.25, -0.2) is 0 Å². The molecule has 1 aromatic rings. The number of hydrogen-bond acceptors (Lipinski definition) is 5. The molecule has 0 bridgehead atoms. The summed E-state index contributed by atoms with van der Waals surface area (Å²) in [5.41, 5.74) is 0.690. The molecule has 6 nitrogen and oxygen atoms in total. The fourth-order valence-electron chi connectivity index (χ4n) is 1.69. The summed E-state index contributed by atoms with van der Waals surface area (Å²) in [6.45, 7) is -0.326. The average molecular weight is 332 g/mol. The summed E-state index contributed by atoms with van der Waals surface area (Å²) in [6, 6.07) is 5.13. The monoisotopic (exact) mass is 331 g/mol. The molecule has 7 heteroatoms. The van der Waals surface area contributed by atoms with Crippen molar-refractivity contribution < 1.29 is 19.2 Å². The average Bonchev–Trinajstić information content (AvgIpc) is 2.37. The zero-order valence-corrected chi connectivity index (χ0v) is 12.2. The van der Waals surface area contributed by atoms with Crippen molar-refractivity contribution in [2.45, 2.75) is 12.3 Å². The molecule has 0 aliphatic carbocycles. The Balaban J connectivity index is 2.99. The number of carbonyl (C=O) groups excluding carboxylic acids is 1. The molecule has 0 fully saturated rings. The van der Waals surface area contributed by atoms with E-state index < -0.39 is 16.8 Å². The van der Waals surface area contributed by atoms with E-state index in [-0.39, 0.29) is 13.0 Å². The van der Waals surface area contributed by atoms with E-state index in [0.717, 1.165) is 0 Å². The van der Waals surface area contributed by atoms with Gasteiger partial charge < -0.3 is 9.47 Å². The van der Waals surface area contributed by atoms with Crippen molar-refractivity contribution in [3.05, 3.63) is 38.3 Å². The van der Waals surface area contributed by atoms with Gasteiger partial charge in [-0.1, -0.05) is 6.07 Å². The molecule has 1 atom stereocenters. The summed E-state index contributed by atoms with van der Waals surface area (Å²) in [6.07, 6.45) is -0.0315. The maximum atomic E-state index is 11.3. The molecule has 104 valence electrons. The smallest absolute Gasteiger partial charge is 0.306 e. The quantitative estimate of drug-likeness (QED) is 0.454. The van der Waals surface area contributed by atoms with Crippen molar-refractivity contribution in [3.8, 4) is 5.75 Å². The van der Waals surface area contributed by atoms with Gasteiger partial charge in [0, 0.05) is 4.92 Å². The molecule has 19 heavy (non-hydrogen) atoms. The van der Waals surface area contributed by atoms with Gasteiger partial charge in [-0.15, -0.1) is 0 Å². The van der Waals surface area contributed by atoms with Crippen LogP contribution in [0.4, 0.5) is 0 Å². The third-order valence-corrected chi connectivity index (χ3v) is 3.28. The van der Waals surface area contributed by atoms with Gasteiger partial charge in [0.25, 0.3) is 0 Å². The van der Waals surface area contributed by atoms with Gasteiger partial charge in [0.2, 0.25) is 6.54 Å². The second-order valence-electron chi connectivity index (χ2n) is 3.89. The van der Waals surface area contributed by atoms with E-state index in [1.54, 1.807) is 18.2 Å². The van der Waals surface area contributed by atoms with Crippen molar-refractivity contribution >= 4 is 21.9 Å². The van der Waals surface area contributed by atoms with Crippen LogP contribution in [0, 0.1) is 10.1 Å². The maximum absolute atomic E-state index is 11.3. The molecule has 0 saturated heterocycles. The third kappa shape index (κ3) is 4.51. The third-order valence-electron chi connectivity index (χ3n) is 2.66. The molecule has 0 aliphatic heterocycles. The number of esters is 1. The normalized spacial score (nSPS) is 11.7. The van der Waals surface area contributed by atoms with E-state index in [1.165, 1.54) is 14.2 Å². The predicted octanol–water partition coefficient (Wildman–Crippen LogP) is 2.38. The van der Waals surface area contributed by atoms with E-state index in [0.29, 0.717) is 15.8 Å². The summed E-state index contributed by atoms with van der Waals surface area (Å²) in [5, 5.41) is 10.7. The van der Waals surface area contributed by atoms with Crippen molar-refractivity contribution in [2.75, 3.05) is 20.8 Å². The highest BCUT2D eigenvalue weighted by molar-refractivity contribution is 9.10. The first-order valence-electron chi connectivity index (χ1n) is 5.50. The summed E-state index contributed by atoms with van der Waals surface area (Å²) in [4.78, 5) is 21.5. The Morgan fingerprint density at radius 1 is 1.47 bits per heavy atom. The van der Waals surface area contributed by atoms with Crippen LogP contribution >= 0.6 is 15.9 Å². The standard InChI is InChI=1S/C12H14BrNO5/c1-18-11-4-3-8(5-10(11)13)9(7-14(16)17)6-12(15)19-2/h3-5,9H,6-7H2,1-2H3/t9-/m1/s1. The minimum absolute atomic E-state index is 0.0315. The molecule has 0 spiro atoms. The summed E-state index contributed by atoms with van der Waals surface area (Å²) >= 11 is 3.31. The Hall–Kier alpha value is -1.63. The SMILES string of the molecule is COC(=O)C[C@H](C[N+](=O)[O-])c1ccc(OC)c(Br)c1. The fraction of sp³-hybridized carbons (Fsp3) is 0.417. The van der Waals surface area contributed by atoms with Crippen LogP contribution in [0.1, 0.15) is 17.9 Å². The lowest BCUT2D eigenvalue weighted by molar-refractivity contribution is -0.483. The van der Waals surface area contributed by atoms with Gasteiger partial charge in [-0.3, -0.25) is 14.9 Å². The molecule has 0 radical (unpaired) electrons. The van der Waals surface area contributed by atoms with Crippen LogP contribution in [-0.2, 0) is 9.53 Å². The second-order valence-corrected chi connectivity index (χ2v) is 4.74. The maximum Gasteiger partial charge on any atom is 0.306 e. The van der Waals surface area contributed by atoms with Crippen molar-refractivity contribution in [2.24, 2.45) is 0 Å². The number of benzene rings is 1. The highest BCUT2D eigenvalue weighted by Gasteiger charge is 2.22. The first-order valence-corrected chi connectivity index (χ1v) is 6.29. The zero-order chi connectivity index (χ0) is 14.4. The summed E-state index contributed by atoms with van der Waals surface area (Å²) in [7, 11) is 2.79. The Bertz CT molecular complexity index is 477. The van der Waals surface area contributed by atoms with Gasteiger partial charge >= 0.3 is 5.97 Å². The summed E-state index contributed by atoms with van der Waals surface area (Å²) < 4.78 is 10.3. The van der Waals surface area contributed by atoms with Crippen LogP contribution in [0.3, 0.4) is 0 Å². The number of nitrogens with zero attached hydrogens (tertiary/aromatic N) is 1. The van der Waals surface area contributed by atoms with Gasteiger partial charge in [-0.05, 0) is 33.6 Å². The second kappa shape index (κ2) is 7.08. The van der Waals surface area contributed by atoms with Crippen LogP contribution in [0.2, 0.25) is 0 Å². The lowest BCUT2D eigenvalue weighted by Crippen LogP contribution is -2.17. The topological polar surface area (TPSA) is 78.7 Å². The fourth-order valence-corrected chi connectivity index (χ4v) is 2.25. The molecule has 0 unspecified atom stereocenters. The number of rotatable bonds is 6. The molecule has 0 heterocycles. The molecule has 0 saturated carbocycles. The Morgan fingerprint density at radius 2 is 2.16 bits per heavy atom. The van der Waals surface area contributed by atoms with Crippen molar-refractivity contribution in [1.29, 1.82) is 0 Å². The zero-order valence-electron chi connectivity index (χ0n) is 10.6. The Kier molecular flexibility index (Phi) is 5.75. The Labute approximate surface area is 119 Å². The van der Waals surface area contributed by atoms with E-state index in [4.69, 9.17) is 4.74 Å². The lowest BCUT2D eigenvalue weighted by atomic mass is 9.96. The largest absolute Gasteiger partial charge is 0.496 e. The van der Waals surface area contributed by atoms with Crippen molar-refractivity contribution in [1.82, 2.24) is 0 Å². The number of ether oxygens (including phenoxy) is 2. The van der Waals surface area contributed by atoms with Crippen LogP contribution in [0.15, 0.2) is 22.7 Å². The van der Waals surface area contributed by atoms with Gasteiger partial charge in [-0.2, -0.15) is 0 Å². The highest BCUT2D eigenvalue weighted by atomic mass is 79.9. The molecule has 0 N–H and O–H groups in total. The van der Waals surface area contributed by atoms with Crippen LogP contribution < -0.4 is 4.74 Å². The van der Waals surface area contributed by atoms with Gasteiger partial charge in [0.1, 0.15) is 5.75 Å². The highest BCUT2D eigenvalue weighted by Crippen LogP contribution is 2.30. The minimum Gasteiger partial charge on any atom is -0.496 e. The number of halogens is 1. The predicted molar refractivity (Wildman–Crippen MR) is 71.9 cm³/mol. The molecular formula is C12H14BrNO5. The minimum atomic E-state index is -0.523. The first-order chi connectivity index (χ1) is 8.97. The number of hydrogen-bond donors (Lipinski definition) is 0. The first kappa shape index (κ1) is 15.4. The van der Waals surface area contributed by atoms with E-state index in [1.807, 2.05) is 0 Å². The van der Waals surface area contributed by atoms with E-state index in [9.17, 15) is 14.9 Å². The van der Waals surface area contributed by atoms with Crippen LogP contribution in [0.5, 0.6) is 5.75 Å². The van der Waals surface area contributed by atoms with Gasteiger partial charge in [0.05, 0.1) is 31.0 Å². The van der Waals surface area contributed by atoms with Crippen LogP contribution in [-0.4, -0.2) is 31.7 Å². The molecule has 0 aromatic heterocycles. The van der Waals surface area contributed by atoms with Crippen LogP contribution in [0.25, 0.3) is 0 Å². The number of carbonyl (C=O) groups is 1.